The van der Waals surface area contributed by atoms with E-state index in [-0.39, 0.29) is 10.0 Å². The third-order valence-corrected chi connectivity index (χ3v) is 8.86. The lowest BCUT2D eigenvalue weighted by atomic mass is 10.5. The molecular formula is C10H24S. The van der Waals surface area contributed by atoms with Crippen LogP contribution in [0.15, 0.2) is 0 Å². The quantitative estimate of drug-likeness (QED) is 0.613. The lowest BCUT2D eigenvalue weighted by molar-refractivity contribution is 0.992. The third kappa shape index (κ3) is 2.14. The van der Waals surface area contributed by atoms with Crippen LogP contribution in [0.3, 0.4) is 0 Å². The smallest absolute Gasteiger partial charge is 0.0166 e. The fourth-order valence-electron chi connectivity index (χ4n) is 2.08. The van der Waals surface area contributed by atoms with E-state index in [2.05, 4.69) is 41.5 Å². The first-order valence-corrected chi connectivity index (χ1v) is 6.87. The predicted molar refractivity (Wildman–Crippen MR) is 58.9 cm³/mol. The van der Waals surface area contributed by atoms with Gasteiger partial charge in [0.2, 0.25) is 0 Å². The second-order valence-corrected chi connectivity index (χ2v) is 8.74. The SMILES string of the molecule is CCS(CC)(C(C)C)C(C)C. The van der Waals surface area contributed by atoms with Crippen LogP contribution in [0.25, 0.3) is 0 Å². The second kappa shape index (κ2) is 4.39. The first-order valence-electron chi connectivity index (χ1n) is 4.77. The highest BCUT2D eigenvalue weighted by Crippen LogP contribution is 2.55. The minimum Gasteiger partial charge on any atom is -0.237 e. The van der Waals surface area contributed by atoms with E-state index in [1.165, 1.54) is 11.5 Å². The molecule has 0 aromatic carbocycles. The first kappa shape index (κ1) is 11.4. The van der Waals surface area contributed by atoms with Crippen LogP contribution >= 0.6 is 10.0 Å². The second-order valence-electron chi connectivity index (χ2n) is 3.68. The average molecular weight is 176 g/mol. The highest BCUT2D eigenvalue weighted by molar-refractivity contribution is 8.34. The Morgan fingerprint density at radius 1 is 0.818 bits per heavy atom. The van der Waals surface area contributed by atoms with E-state index in [0.29, 0.717) is 0 Å². The van der Waals surface area contributed by atoms with Crippen LogP contribution in [0.4, 0.5) is 0 Å². The zero-order chi connectivity index (χ0) is 9.07. The molecule has 0 spiro atoms. The molecule has 70 valence electrons. The van der Waals surface area contributed by atoms with Gasteiger partial charge >= 0.3 is 0 Å². The van der Waals surface area contributed by atoms with Crippen molar-refractivity contribution < 1.29 is 0 Å². The molecule has 0 bridgehead atoms. The van der Waals surface area contributed by atoms with Gasteiger partial charge in [0.1, 0.15) is 0 Å². The molecule has 0 radical (unpaired) electrons. The Balaban J connectivity index is 4.46. The van der Waals surface area contributed by atoms with Gasteiger partial charge in [-0.2, -0.15) is 0 Å². The molecule has 11 heavy (non-hydrogen) atoms. The Kier molecular flexibility index (Phi) is 4.53. The number of rotatable bonds is 4. The standard InChI is InChI=1S/C10H24S/c1-7-11(8-2,9(3)4)10(5)6/h9-10H,7-8H2,1-6H3. The summed E-state index contributed by atoms with van der Waals surface area (Å²) in [5.74, 6) is 2.80. The Labute approximate surface area is 74.1 Å². The zero-order valence-electron chi connectivity index (χ0n) is 8.98. The van der Waals surface area contributed by atoms with Gasteiger partial charge in [-0.25, -0.2) is 10.0 Å². The fraction of sp³-hybridized carbons (Fsp3) is 1.00. The first-order chi connectivity index (χ1) is 5.01. The third-order valence-electron chi connectivity index (χ3n) is 2.95. The summed E-state index contributed by atoms with van der Waals surface area (Å²) >= 11 is 0. The number of hydrogen-bond donors (Lipinski definition) is 0. The van der Waals surface area contributed by atoms with E-state index < -0.39 is 0 Å². The van der Waals surface area contributed by atoms with E-state index in [4.69, 9.17) is 0 Å². The summed E-state index contributed by atoms with van der Waals surface area (Å²) in [5, 5.41) is 1.80. The maximum Gasteiger partial charge on any atom is -0.0166 e. The van der Waals surface area contributed by atoms with Gasteiger partial charge in [0.15, 0.2) is 0 Å². The minimum absolute atomic E-state index is 0.306. The molecule has 0 aromatic rings. The normalized spacial score (nSPS) is 14.5. The van der Waals surface area contributed by atoms with Crippen molar-refractivity contribution in [3.05, 3.63) is 0 Å². The van der Waals surface area contributed by atoms with Crippen LogP contribution in [-0.4, -0.2) is 22.0 Å². The maximum absolute atomic E-state index is 2.39. The largest absolute Gasteiger partial charge is 0.237 e. The van der Waals surface area contributed by atoms with Crippen LogP contribution < -0.4 is 0 Å². The highest BCUT2D eigenvalue weighted by Gasteiger charge is 2.26. The van der Waals surface area contributed by atoms with Crippen molar-refractivity contribution in [2.24, 2.45) is 0 Å². The molecule has 0 fully saturated rings. The van der Waals surface area contributed by atoms with E-state index in [1.807, 2.05) is 0 Å². The van der Waals surface area contributed by atoms with E-state index >= 15 is 0 Å². The molecule has 0 aromatic heterocycles. The van der Waals surface area contributed by atoms with Crippen molar-refractivity contribution in [1.82, 2.24) is 0 Å². The summed E-state index contributed by atoms with van der Waals surface area (Å²) in [6.07, 6.45) is 0. The Bertz CT molecular complexity index is 91.4. The molecule has 0 heterocycles. The summed E-state index contributed by atoms with van der Waals surface area (Å²) in [6.45, 7) is 14.3. The van der Waals surface area contributed by atoms with Crippen LogP contribution in [0, 0.1) is 0 Å². The summed E-state index contributed by atoms with van der Waals surface area (Å²) in [7, 11) is -0.306. The molecule has 0 amide bonds. The minimum atomic E-state index is -0.306. The summed E-state index contributed by atoms with van der Waals surface area (Å²) in [6, 6.07) is 0. The van der Waals surface area contributed by atoms with Crippen LogP contribution in [0.1, 0.15) is 41.5 Å². The van der Waals surface area contributed by atoms with E-state index in [9.17, 15) is 0 Å². The van der Waals surface area contributed by atoms with E-state index in [0.717, 1.165) is 10.5 Å². The van der Waals surface area contributed by atoms with Gasteiger partial charge in [-0.1, -0.05) is 41.5 Å². The predicted octanol–water partition coefficient (Wildman–Crippen LogP) is 3.65. The van der Waals surface area contributed by atoms with Gasteiger partial charge in [0, 0.05) is 0 Å². The Morgan fingerprint density at radius 3 is 1.09 bits per heavy atom. The van der Waals surface area contributed by atoms with Gasteiger partial charge < -0.3 is 0 Å². The molecule has 1 heteroatoms. The van der Waals surface area contributed by atoms with Gasteiger partial charge in [0.25, 0.3) is 0 Å². The van der Waals surface area contributed by atoms with Crippen molar-refractivity contribution in [2.75, 3.05) is 11.5 Å². The molecule has 0 aliphatic carbocycles. The molecule has 0 nitrogen and oxygen atoms in total. The van der Waals surface area contributed by atoms with Crippen molar-refractivity contribution in [1.29, 1.82) is 0 Å². The molecule has 0 saturated heterocycles. The number of hydrogen-bond acceptors (Lipinski definition) is 0. The van der Waals surface area contributed by atoms with Crippen molar-refractivity contribution in [2.45, 2.75) is 52.0 Å². The molecule has 0 rings (SSSR count). The highest BCUT2D eigenvalue weighted by atomic mass is 32.3. The maximum atomic E-state index is 2.39. The molecule has 0 aliphatic heterocycles. The monoisotopic (exact) mass is 176 g/mol. The van der Waals surface area contributed by atoms with Crippen LogP contribution in [0.2, 0.25) is 0 Å². The Morgan fingerprint density at radius 2 is 1.09 bits per heavy atom. The summed E-state index contributed by atoms with van der Waals surface area (Å²) in [5.41, 5.74) is 0. The van der Waals surface area contributed by atoms with Gasteiger partial charge in [-0.15, -0.1) is 0 Å². The molecule has 0 saturated carbocycles. The molecule has 0 N–H and O–H groups in total. The molecule has 0 aliphatic rings. The van der Waals surface area contributed by atoms with Gasteiger partial charge in [0.05, 0.1) is 0 Å². The van der Waals surface area contributed by atoms with Gasteiger partial charge in [-0.3, -0.25) is 0 Å². The lowest BCUT2D eigenvalue weighted by Gasteiger charge is -2.46. The van der Waals surface area contributed by atoms with Crippen molar-refractivity contribution >= 4 is 10.0 Å². The fourth-order valence-corrected chi connectivity index (χ4v) is 6.25. The summed E-state index contributed by atoms with van der Waals surface area (Å²) < 4.78 is 0. The van der Waals surface area contributed by atoms with Crippen LogP contribution in [0.5, 0.6) is 0 Å². The molecule has 0 atom stereocenters. The lowest BCUT2D eigenvalue weighted by Crippen LogP contribution is -2.24. The van der Waals surface area contributed by atoms with Crippen LogP contribution in [-0.2, 0) is 0 Å². The van der Waals surface area contributed by atoms with Crippen molar-refractivity contribution in [3.63, 3.8) is 0 Å². The molecular weight excluding hydrogens is 152 g/mol. The van der Waals surface area contributed by atoms with E-state index in [1.54, 1.807) is 0 Å². The van der Waals surface area contributed by atoms with Gasteiger partial charge in [-0.05, 0) is 22.0 Å². The topological polar surface area (TPSA) is 0 Å². The zero-order valence-corrected chi connectivity index (χ0v) is 9.79. The average Bonchev–Trinajstić information content (AvgIpc) is 1.90. The molecule has 0 unspecified atom stereocenters. The summed E-state index contributed by atoms with van der Waals surface area (Å²) in [4.78, 5) is 0. The van der Waals surface area contributed by atoms with Crippen molar-refractivity contribution in [3.8, 4) is 0 Å². The Hall–Kier alpha value is 0.350.